The molecule has 2 rings (SSSR count). The number of hydrogen-bond donors (Lipinski definition) is 1. The monoisotopic (exact) mass is 294 g/mol. The van der Waals surface area contributed by atoms with Gasteiger partial charge in [-0.05, 0) is 55.8 Å². The standard InChI is InChI=1S/C15H22N2S2/c1-11-6-8-19-15(11)14(10-16)17(3)12(2)9-13-5-4-7-18-13/h4-8,12,14H,9-10,16H2,1-3H3. The molecule has 0 saturated carbocycles. The van der Waals surface area contributed by atoms with Gasteiger partial charge < -0.3 is 5.73 Å². The average molecular weight is 294 g/mol. The minimum Gasteiger partial charge on any atom is -0.329 e. The average Bonchev–Trinajstić information content (AvgIpc) is 3.03. The Labute approximate surface area is 123 Å². The van der Waals surface area contributed by atoms with Gasteiger partial charge in [-0.15, -0.1) is 22.7 Å². The van der Waals surface area contributed by atoms with E-state index < -0.39 is 0 Å². The Morgan fingerprint density at radius 1 is 1.26 bits per heavy atom. The Hall–Kier alpha value is -0.680. The minimum absolute atomic E-state index is 0.329. The lowest BCUT2D eigenvalue weighted by atomic mass is 10.1. The molecule has 2 unspecified atom stereocenters. The van der Waals surface area contributed by atoms with Crippen LogP contribution in [0.1, 0.15) is 28.3 Å². The third-order valence-electron chi connectivity index (χ3n) is 3.69. The number of hydrogen-bond acceptors (Lipinski definition) is 4. The van der Waals surface area contributed by atoms with Crippen LogP contribution >= 0.6 is 22.7 Å². The van der Waals surface area contributed by atoms with Gasteiger partial charge in [-0.25, -0.2) is 0 Å². The largest absolute Gasteiger partial charge is 0.329 e. The van der Waals surface area contributed by atoms with Gasteiger partial charge in [0.15, 0.2) is 0 Å². The van der Waals surface area contributed by atoms with E-state index in [4.69, 9.17) is 5.73 Å². The SMILES string of the molecule is Cc1ccsc1C(CN)N(C)C(C)Cc1cccs1. The lowest BCUT2D eigenvalue weighted by Crippen LogP contribution is -2.38. The van der Waals surface area contributed by atoms with E-state index in [-0.39, 0.29) is 0 Å². The maximum absolute atomic E-state index is 6.01. The van der Waals surface area contributed by atoms with Gasteiger partial charge >= 0.3 is 0 Å². The van der Waals surface area contributed by atoms with Crippen LogP contribution in [0, 0.1) is 6.92 Å². The van der Waals surface area contributed by atoms with Crippen molar-refractivity contribution in [1.29, 1.82) is 0 Å². The summed E-state index contributed by atoms with van der Waals surface area (Å²) in [6.45, 7) is 5.13. The molecule has 4 heteroatoms. The Balaban J connectivity index is 2.08. The zero-order valence-corrected chi connectivity index (χ0v) is 13.4. The van der Waals surface area contributed by atoms with E-state index >= 15 is 0 Å². The first kappa shape index (κ1) is 14.7. The van der Waals surface area contributed by atoms with Gasteiger partial charge in [-0.2, -0.15) is 0 Å². The summed E-state index contributed by atoms with van der Waals surface area (Å²) in [5.74, 6) is 0. The zero-order chi connectivity index (χ0) is 13.8. The van der Waals surface area contributed by atoms with Gasteiger partial charge in [-0.3, -0.25) is 4.90 Å². The van der Waals surface area contributed by atoms with Crippen molar-refractivity contribution in [2.24, 2.45) is 5.73 Å². The Morgan fingerprint density at radius 2 is 2.05 bits per heavy atom. The quantitative estimate of drug-likeness (QED) is 0.880. The van der Waals surface area contributed by atoms with E-state index in [1.165, 1.54) is 15.3 Å². The summed E-state index contributed by atoms with van der Waals surface area (Å²) in [6, 6.07) is 7.34. The van der Waals surface area contributed by atoms with E-state index in [2.05, 4.69) is 54.8 Å². The highest BCUT2D eigenvalue weighted by atomic mass is 32.1. The van der Waals surface area contributed by atoms with E-state index in [9.17, 15) is 0 Å². The van der Waals surface area contributed by atoms with Crippen molar-refractivity contribution >= 4 is 22.7 Å². The molecule has 19 heavy (non-hydrogen) atoms. The number of nitrogens with two attached hydrogens (primary N) is 1. The fourth-order valence-corrected chi connectivity index (χ4v) is 4.27. The second-order valence-electron chi connectivity index (χ2n) is 5.02. The molecule has 2 aromatic rings. The first-order chi connectivity index (χ1) is 9.13. The maximum Gasteiger partial charge on any atom is 0.0566 e. The highest BCUT2D eigenvalue weighted by Crippen LogP contribution is 2.29. The molecule has 0 aliphatic carbocycles. The molecular weight excluding hydrogens is 272 g/mol. The molecule has 2 heterocycles. The lowest BCUT2D eigenvalue weighted by molar-refractivity contribution is 0.190. The second kappa shape index (κ2) is 6.66. The Kier molecular flexibility index (Phi) is 5.16. The number of likely N-dealkylation sites (N-methyl/N-ethyl adjacent to an activating group) is 1. The maximum atomic E-state index is 6.01. The fourth-order valence-electron chi connectivity index (χ4n) is 2.36. The van der Waals surface area contributed by atoms with Gasteiger partial charge in [0.05, 0.1) is 6.04 Å². The summed E-state index contributed by atoms with van der Waals surface area (Å²) in [7, 11) is 2.19. The summed E-state index contributed by atoms with van der Waals surface area (Å²) in [6.07, 6.45) is 1.09. The second-order valence-corrected chi connectivity index (χ2v) is 7.00. The summed E-state index contributed by atoms with van der Waals surface area (Å²) >= 11 is 3.65. The molecular formula is C15H22N2S2. The molecule has 0 amide bonds. The van der Waals surface area contributed by atoms with Crippen LogP contribution < -0.4 is 5.73 Å². The van der Waals surface area contributed by atoms with Gasteiger partial charge in [0.1, 0.15) is 0 Å². The molecule has 2 N–H and O–H groups in total. The molecule has 104 valence electrons. The summed E-state index contributed by atoms with van der Waals surface area (Å²) in [4.78, 5) is 5.26. The predicted molar refractivity (Wildman–Crippen MR) is 86.1 cm³/mol. The molecule has 2 aromatic heterocycles. The van der Waals surface area contributed by atoms with Crippen molar-refractivity contribution in [1.82, 2.24) is 4.90 Å². The highest BCUT2D eigenvalue weighted by Gasteiger charge is 2.22. The normalized spacial score (nSPS) is 14.8. The molecule has 2 atom stereocenters. The van der Waals surface area contributed by atoms with Crippen molar-refractivity contribution in [3.05, 3.63) is 44.3 Å². The van der Waals surface area contributed by atoms with Crippen molar-refractivity contribution in [2.45, 2.75) is 32.4 Å². The third-order valence-corrected chi connectivity index (χ3v) is 5.71. The highest BCUT2D eigenvalue weighted by molar-refractivity contribution is 7.10. The first-order valence-electron chi connectivity index (χ1n) is 6.61. The number of thiophene rings is 2. The summed E-state index contributed by atoms with van der Waals surface area (Å²) < 4.78 is 0. The van der Waals surface area contributed by atoms with Crippen LogP contribution in [0.3, 0.4) is 0 Å². The van der Waals surface area contributed by atoms with Gasteiger partial charge in [-0.1, -0.05) is 6.07 Å². The van der Waals surface area contributed by atoms with E-state index in [1.807, 2.05) is 22.7 Å². The molecule has 0 aromatic carbocycles. The number of aryl methyl sites for hydroxylation is 1. The molecule has 0 aliphatic rings. The molecule has 2 nitrogen and oxygen atoms in total. The number of nitrogens with zero attached hydrogens (tertiary/aromatic N) is 1. The van der Waals surface area contributed by atoms with Crippen LogP contribution in [-0.4, -0.2) is 24.5 Å². The minimum atomic E-state index is 0.329. The Bertz CT molecular complexity index is 490. The summed E-state index contributed by atoms with van der Waals surface area (Å²) in [5.41, 5.74) is 7.37. The fraction of sp³-hybridized carbons (Fsp3) is 0.467. The molecule has 0 bridgehead atoms. The molecule has 0 saturated heterocycles. The zero-order valence-electron chi connectivity index (χ0n) is 11.8. The smallest absolute Gasteiger partial charge is 0.0566 e. The van der Waals surface area contributed by atoms with Crippen LogP contribution in [0.2, 0.25) is 0 Å². The van der Waals surface area contributed by atoms with Crippen LogP contribution in [0.25, 0.3) is 0 Å². The van der Waals surface area contributed by atoms with Gasteiger partial charge in [0, 0.05) is 22.3 Å². The predicted octanol–water partition coefficient (Wildman–Crippen LogP) is 3.68. The molecule has 0 spiro atoms. The van der Waals surface area contributed by atoms with Crippen molar-refractivity contribution in [3.63, 3.8) is 0 Å². The van der Waals surface area contributed by atoms with Crippen molar-refractivity contribution in [3.8, 4) is 0 Å². The lowest BCUT2D eigenvalue weighted by Gasteiger charge is -2.32. The van der Waals surface area contributed by atoms with Crippen molar-refractivity contribution in [2.75, 3.05) is 13.6 Å². The number of rotatable bonds is 6. The van der Waals surface area contributed by atoms with Crippen LogP contribution in [0.4, 0.5) is 0 Å². The van der Waals surface area contributed by atoms with Gasteiger partial charge in [0.25, 0.3) is 0 Å². The first-order valence-corrected chi connectivity index (χ1v) is 8.37. The van der Waals surface area contributed by atoms with E-state index in [0.29, 0.717) is 18.6 Å². The van der Waals surface area contributed by atoms with E-state index in [0.717, 1.165) is 6.42 Å². The molecule has 0 fully saturated rings. The topological polar surface area (TPSA) is 29.3 Å². The van der Waals surface area contributed by atoms with Crippen LogP contribution in [0.5, 0.6) is 0 Å². The molecule has 0 radical (unpaired) electrons. The van der Waals surface area contributed by atoms with Crippen LogP contribution in [0.15, 0.2) is 29.0 Å². The summed E-state index contributed by atoms with van der Waals surface area (Å²) in [5, 5.41) is 4.30. The Morgan fingerprint density at radius 3 is 2.58 bits per heavy atom. The van der Waals surface area contributed by atoms with Crippen LogP contribution in [-0.2, 0) is 6.42 Å². The third kappa shape index (κ3) is 3.45. The molecule has 0 aliphatic heterocycles. The van der Waals surface area contributed by atoms with Crippen molar-refractivity contribution < 1.29 is 0 Å². The van der Waals surface area contributed by atoms with Gasteiger partial charge in [0.2, 0.25) is 0 Å². The van der Waals surface area contributed by atoms with E-state index in [1.54, 1.807) is 0 Å².